The molecule has 2 aromatic rings. The Labute approximate surface area is 106 Å². The highest BCUT2D eigenvalue weighted by molar-refractivity contribution is 5.97. The predicted octanol–water partition coefficient (Wildman–Crippen LogP) is 3.25. The van der Waals surface area contributed by atoms with E-state index >= 15 is 0 Å². The van der Waals surface area contributed by atoms with Crippen LogP contribution in [0.3, 0.4) is 0 Å². The van der Waals surface area contributed by atoms with Crippen molar-refractivity contribution in [2.75, 3.05) is 5.73 Å². The second kappa shape index (κ2) is 4.53. The number of aryl methyl sites for hydroxylation is 2. The average Bonchev–Trinajstić information content (AvgIpc) is 2.28. The third-order valence-electron chi connectivity index (χ3n) is 2.95. The van der Waals surface area contributed by atoms with Crippen LogP contribution in [0.1, 0.15) is 21.5 Å². The van der Waals surface area contributed by atoms with E-state index in [1.807, 2.05) is 32.0 Å². The van der Waals surface area contributed by atoms with Crippen LogP contribution in [0.15, 0.2) is 36.4 Å². The second-order valence-corrected chi connectivity index (χ2v) is 4.43. The van der Waals surface area contributed by atoms with Crippen LogP contribution in [0.4, 0.5) is 5.69 Å². The van der Waals surface area contributed by atoms with E-state index in [4.69, 9.17) is 5.73 Å². The fourth-order valence-corrected chi connectivity index (χ4v) is 2.09. The van der Waals surface area contributed by atoms with Crippen molar-refractivity contribution in [2.45, 2.75) is 13.8 Å². The van der Waals surface area contributed by atoms with Crippen molar-refractivity contribution in [3.8, 4) is 11.1 Å². The first kappa shape index (κ1) is 12.2. The van der Waals surface area contributed by atoms with Crippen molar-refractivity contribution >= 4 is 11.7 Å². The smallest absolute Gasteiger partial charge is 0.336 e. The van der Waals surface area contributed by atoms with Crippen LogP contribution >= 0.6 is 0 Å². The van der Waals surface area contributed by atoms with Gasteiger partial charge in [-0.3, -0.25) is 0 Å². The van der Waals surface area contributed by atoms with Crippen molar-refractivity contribution in [2.24, 2.45) is 0 Å². The number of nitrogen functional groups attached to an aromatic ring is 1. The molecule has 3 N–H and O–H groups in total. The Bertz CT molecular complexity index is 618. The number of carboxylic acids is 1. The summed E-state index contributed by atoms with van der Waals surface area (Å²) >= 11 is 0. The molecule has 0 aromatic heterocycles. The lowest BCUT2D eigenvalue weighted by molar-refractivity contribution is 0.0698. The number of hydrogen-bond acceptors (Lipinski definition) is 2. The highest BCUT2D eigenvalue weighted by Crippen LogP contribution is 2.29. The van der Waals surface area contributed by atoms with Crippen LogP contribution in [0.2, 0.25) is 0 Å². The Kier molecular flexibility index (Phi) is 3.06. The molecule has 18 heavy (non-hydrogen) atoms. The van der Waals surface area contributed by atoms with Gasteiger partial charge in [0.25, 0.3) is 0 Å². The lowest BCUT2D eigenvalue weighted by Crippen LogP contribution is -2.01. The van der Waals surface area contributed by atoms with E-state index in [2.05, 4.69) is 0 Å². The normalized spacial score (nSPS) is 10.3. The molecule has 0 spiro atoms. The predicted molar refractivity (Wildman–Crippen MR) is 72.7 cm³/mol. The van der Waals surface area contributed by atoms with Crippen LogP contribution in [-0.4, -0.2) is 11.1 Å². The molecule has 0 bridgehead atoms. The Balaban J connectivity index is 2.69. The SMILES string of the molecule is Cc1ccc(-c2cc(N)ccc2C(=O)O)c(C)c1. The summed E-state index contributed by atoms with van der Waals surface area (Å²) in [6.45, 7) is 3.98. The van der Waals surface area contributed by atoms with Gasteiger partial charge in [0.1, 0.15) is 0 Å². The number of hydrogen-bond donors (Lipinski definition) is 2. The molecule has 2 aromatic carbocycles. The summed E-state index contributed by atoms with van der Waals surface area (Å²) in [5.74, 6) is -0.940. The van der Waals surface area contributed by atoms with Crippen LogP contribution in [0.5, 0.6) is 0 Å². The van der Waals surface area contributed by atoms with E-state index in [1.165, 1.54) is 0 Å². The van der Waals surface area contributed by atoms with Crippen LogP contribution in [0, 0.1) is 13.8 Å². The van der Waals surface area contributed by atoms with Crippen molar-refractivity contribution in [1.29, 1.82) is 0 Å². The monoisotopic (exact) mass is 241 g/mol. The van der Waals surface area contributed by atoms with Gasteiger partial charge >= 0.3 is 5.97 Å². The summed E-state index contributed by atoms with van der Waals surface area (Å²) < 4.78 is 0. The summed E-state index contributed by atoms with van der Waals surface area (Å²) in [5, 5.41) is 9.22. The third kappa shape index (κ3) is 2.20. The Morgan fingerprint density at radius 2 is 1.78 bits per heavy atom. The zero-order valence-corrected chi connectivity index (χ0v) is 10.4. The fourth-order valence-electron chi connectivity index (χ4n) is 2.09. The Morgan fingerprint density at radius 1 is 1.06 bits per heavy atom. The molecule has 3 nitrogen and oxygen atoms in total. The number of rotatable bonds is 2. The van der Waals surface area contributed by atoms with Gasteiger partial charge in [-0.2, -0.15) is 0 Å². The van der Waals surface area contributed by atoms with Crippen molar-refractivity contribution in [3.05, 3.63) is 53.1 Å². The molecule has 0 radical (unpaired) electrons. The van der Waals surface area contributed by atoms with E-state index < -0.39 is 5.97 Å². The highest BCUT2D eigenvalue weighted by Gasteiger charge is 2.13. The molecule has 0 atom stereocenters. The number of carboxylic acid groups (broad SMARTS) is 1. The van der Waals surface area contributed by atoms with E-state index in [0.29, 0.717) is 11.3 Å². The van der Waals surface area contributed by atoms with Crippen molar-refractivity contribution in [3.63, 3.8) is 0 Å². The molecule has 0 aliphatic rings. The molecular weight excluding hydrogens is 226 g/mol. The summed E-state index contributed by atoms with van der Waals surface area (Å²) in [4.78, 5) is 11.2. The number of carbonyl (C=O) groups is 1. The van der Waals surface area contributed by atoms with E-state index in [-0.39, 0.29) is 5.56 Å². The minimum absolute atomic E-state index is 0.274. The Morgan fingerprint density at radius 3 is 2.39 bits per heavy atom. The molecule has 2 rings (SSSR count). The van der Waals surface area contributed by atoms with Gasteiger partial charge in [-0.25, -0.2) is 4.79 Å². The molecular formula is C15H15NO2. The molecule has 0 aliphatic carbocycles. The van der Waals surface area contributed by atoms with Gasteiger partial charge < -0.3 is 10.8 Å². The first-order valence-corrected chi connectivity index (χ1v) is 5.69. The van der Waals surface area contributed by atoms with Crippen LogP contribution < -0.4 is 5.73 Å². The van der Waals surface area contributed by atoms with Gasteiger partial charge in [0.2, 0.25) is 0 Å². The van der Waals surface area contributed by atoms with Gasteiger partial charge in [0, 0.05) is 5.69 Å². The largest absolute Gasteiger partial charge is 0.478 e. The summed E-state index contributed by atoms with van der Waals surface area (Å²) in [6.07, 6.45) is 0. The molecule has 0 saturated carbocycles. The second-order valence-electron chi connectivity index (χ2n) is 4.43. The Hall–Kier alpha value is -2.29. The summed E-state index contributed by atoms with van der Waals surface area (Å²) in [6, 6.07) is 10.8. The third-order valence-corrected chi connectivity index (χ3v) is 2.95. The maximum atomic E-state index is 11.2. The first-order valence-electron chi connectivity index (χ1n) is 5.69. The highest BCUT2D eigenvalue weighted by atomic mass is 16.4. The number of anilines is 1. The maximum absolute atomic E-state index is 11.2. The number of aromatic carboxylic acids is 1. The topological polar surface area (TPSA) is 63.3 Å². The lowest BCUT2D eigenvalue weighted by atomic mass is 9.94. The van der Waals surface area contributed by atoms with Gasteiger partial charge in [0.15, 0.2) is 0 Å². The van der Waals surface area contributed by atoms with Crippen molar-refractivity contribution in [1.82, 2.24) is 0 Å². The van der Waals surface area contributed by atoms with Gasteiger partial charge in [-0.15, -0.1) is 0 Å². The molecule has 0 aliphatic heterocycles. The van der Waals surface area contributed by atoms with Gasteiger partial charge in [-0.05, 0) is 48.7 Å². The maximum Gasteiger partial charge on any atom is 0.336 e. The molecule has 0 fully saturated rings. The van der Waals surface area contributed by atoms with Gasteiger partial charge in [0.05, 0.1) is 5.56 Å². The first-order chi connectivity index (χ1) is 8.49. The standard InChI is InChI=1S/C15H15NO2/c1-9-3-5-12(10(2)7-9)14-8-11(16)4-6-13(14)15(17)18/h3-8H,16H2,1-2H3,(H,17,18). The van der Waals surface area contributed by atoms with Gasteiger partial charge in [-0.1, -0.05) is 23.8 Å². The van der Waals surface area contributed by atoms with Crippen LogP contribution in [0.25, 0.3) is 11.1 Å². The van der Waals surface area contributed by atoms with Crippen LogP contribution in [-0.2, 0) is 0 Å². The quantitative estimate of drug-likeness (QED) is 0.793. The fraction of sp³-hybridized carbons (Fsp3) is 0.133. The summed E-state index contributed by atoms with van der Waals surface area (Å²) in [5.41, 5.74) is 10.4. The summed E-state index contributed by atoms with van der Waals surface area (Å²) in [7, 11) is 0. The molecule has 0 heterocycles. The average molecular weight is 241 g/mol. The van der Waals surface area contributed by atoms with E-state index in [1.54, 1.807) is 18.2 Å². The zero-order chi connectivity index (χ0) is 13.3. The zero-order valence-electron chi connectivity index (χ0n) is 10.4. The van der Waals surface area contributed by atoms with E-state index in [0.717, 1.165) is 16.7 Å². The minimum Gasteiger partial charge on any atom is -0.478 e. The lowest BCUT2D eigenvalue weighted by Gasteiger charge is -2.11. The minimum atomic E-state index is -0.940. The molecule has 3 heteroatoms. The van der Waals surface area contributed by atoms with E-state index in [9.17, 15) is 9.90 Å². The number of nitrogens with two attached hydrogens (primary N) is 1. The molecule has 0 amide bonds. The molecule has 0 unspecified atom stereocenters. The molecule has 92 valence electrons. The number of benzene rings is 2. The van der Waals surface area contributed by atoms with Crippen molar-refractivity contribution < 1.29 is 9.90 Å². The molecule has 0 saturated heterocycles.